The van der Waals surface area contributed by atoms with Crippen molar-refractivity contribution in [2.75, 3.05) is 5.88 Å². The van der Waals surface area contributed by atoms with Crippen LogP contribution in [0.5, 0.6) is 0 Å². The molecule has 1 aromatic rings. The first-order valence-electron chi connectivity index (χ1n) is 4.87. The maximum absolute atomic E-state index is 13.2. The van der Waals surface area contributed by atoms with Gasteiger partial charge in [0.2, 0.25) is 0 Å². The Morgan fingerprint density at radius 1 is 1.33 bits per heavy atom. The molecule has 0 spiro atoms. The molecule has 0 aliphatic rings. The molecule has 1 unspecified atom stereocenters. The summed E-state index contributed by atoms with van der Waals surface area (Å²) in [4.78, 5) is 0. The molecule has 4 heteroatoms. The summed E-state index contributed by atoms with van der Waals surface area (Å²) in [5, 5.41) is 3.02. The predicted octanol–water partition coefficient (Wildman–Crippen LogP) is 3.07. The van der Waals surface area contributed by atoms with Crippen LogP contribution in [0, 0.1) is 11.6 Å². The molecular formula is C11H14ClF2N. The highest BCUT2D eigenvalue weighted by molar-refractivity contribution is 6.17. The van der Waals surface area contributed by atoms with Crippen LogP contribution in [-0.4, -0.2) is 11.9 Å². The third-order valence-corrected chi connectivity index (χ3v) is 2.45. The fourth-order valence-electron chi connectivity index (χ4n) is 1.24. The molecule has 0 aliphatic carbocycles. The summed E-state index contributed by atoms with van der Waals surface area (Å²) in [6.45, 7) is 2.12. The second-order valence-electron chi connectivity index (χ2n) is 3.46. The fourth-order valence-corrected chi connectivity index (χ4v) is 1.57. The minimum atomic E-state index is -0.513. The van der Waals surface area contributed by atoms with Crippen LogP contribution in [0.4, 0.5) is 8.78 Å². The van der Waals surface area contributed by atoms with Crippen LogP contribution < -0.4 is 5.32 Å². The average molecular weight is 234 g/mol. The Labute approximate surface area is 93.4 Å². The van der Waals surface area contributed by atoms with E-state index in [1.54, 1.807) is 0 Å². The monoisotopic (exact) mass is 233 g/mol. The number of halogens is 3. The highest BCUT2D eigenvalue weighted by atomic mass is 35.5. The van der Waals surface area contributed by atoms with Crippen molar-refractivity contribution in [3.63, 3.8) is 0 Å². The molecule has 0 aromatic heterocycles. The Balaban J connectivity index is 2.57. The lowest BCUT2D eigenvalue weighted by atomic mass is 10.1. The van der Waals surface area contributed by atoms with Crippen molar-refractivity contribution >= 4 is 11.6 Å². The minimum absolute atomic E-state index is 0.0823. The van der Waals surface area contributed by atoms with E-state index in [9.17, 15) is 8.78 Å². The molecule has 0 fully saturated rings. The van der Waals surface area contributed by atoms with Gasteiger partial charge in [-0.1, -0.05) is 6.07 Å². The van der Waals surface area contributed by atoms with Gasteiger partial charge in [-0.15, -0.1) is 11.6 Å². The molecule has 1 atom stereocenters. The molecule has 1 aromatic carbocycles. The van der Waals surface area contributed by atoms with Crippen molar-refractivity contribution in [3.8, 4) is 0 Å². The Kier molecular flexibility index (Phi) is 4.99. The Morgan fingerprint density at radius 3 is 2.47 bits per heavy atom. The van der Waals surface area contributed by atoms with E-state index < -0.39 is 11.6 Å². The molecule has 0 saturated heterocycles. The number of hydrogen-bond acceptors (Lipinski definition) is 1. The third-order valence-electron chi connectivity index (χ3n) is 2.23. The molecule has 0 amide bonds. The van der Waals surface area contributed by atoms with Crippen molar-refractivity contribution in [3.05, 3.63) is 35.4 Å². The van der Waals surface area contributed by atoms with E-state index in [-0.39, 0.29) is 18.2 Å². The van der Waals surface area contributed by atoms with Crippen molar-refractivity contribution < 1.29 is 8.78 Å². The largest absolute Gasteiger partial charge is 0.310 e. The van der Waals surface area contributed by atoms with Crippen LogP contribution >= 0.6 is 11.6 Å². The van der Waals surface area contributed by atoms with Gasteiger partial charge >= 0.3 is 0 Å². The maximum atomic E-state index is 13.2. The molecule has 0 bridgehead atoms. The lowest BCUT2D eigenvalue weighted by Gasteiger charge is -2.12. The summed E-state index contributed by atoms with van der Waals surface area (Å²) in [6.07, 6.45) is 0.775. The van der Waals surface area contributed by atoms with Crippen molar-refractivity contribution in [1.29, 1.82) is 0 Å². The molecule has 0 aliphatic heterocycles. The lowest BCUT2D eigenvalue weighted by molar-refractivity contribution is 0.494. The van der Waals surface area contributed by atoms with E-state index in [0.29, 0.717) is 5.88 Å². The van der Waals surface area contributed by atoms with Gasteiger partial charge < -0.3 is 5.32 Å². The van der Waals surface area contributed by atoms with Crippen molar-refractivity contribution in [1.82, 2.24) is 5.32 Å². The zero-order valence-electron chi connectivity index (χ0n) is 8.56. The quantitative estimate of drug-likeness (QED) is 0.771. The molecule has 15 heavy (non-hydrogen) atoms. The SMILES string of the molecule is CC(CCCl)NCc1c(F)cccc1F. The van der Waals surface area contributed by atoms with Crippen LogP contribution in [0.15, 0.2) is 18.2 Å². The van der Waals surface area contributed by atoms with Gasteiger partial charge in [-0.25, -0.2) is 8.78 Å². The topological polar surface area (TPSA) is 12.0 Å². The fraction of sp³-hybridized carbons (Fsp3) is 0.455. The molecule has 1 nitrogen and oxygen atoms in total. The van der Waals surface area contributed by atoms with E-state index in [4.69, 9.17) is 11.6 Å². The van der Waals surface area contributed by atoms with E-state index in [2.05, 4.69) is 5.32 Å². The molecule has 1 rings (SSSR count). The van der Waals surface area contributed by atoms with E-state index in [1.807, 2.05) is 6.92 Å². The first kappa shape index (κ1) is 12.4. The van der Waals surface area contributed by atoms with E-state index in [0.717, 1.165) is 6.42 Å². The first-order chi connectivity index (χ1) is 7.15. The number of benzene rings is 1. The van der Waals surface area contributed by atoms with Crippen LogP contribution in [0.2, 0.25) is 0 Å². The molecule has 84 valence electrons. The first-order valence-corrected chi connectivity index (χ1v) is 5.41. The van der Waals surface area contributed by atoms with E-state index >= 15 is 0 Å². The summed E-state index contributed by atoms with van der Waals surface area (Å²) in [6, 6.07) is 4.02. The highest BCUT2D eigenvalue weighted by Gasteiger charge is 2.09. The maximum Gasteiger partial charge on any atom is 0.130 e. The van der Waals surface area contributed by atoms with Gasteiger partial charge in [-0.3, -0.25) is 0 Å². The van der Waals surface area contributed by atoms with Gasteiger partial charge in [-0.2, -0.15) is 0 Å². The summed E-state index contributed by atoms with van der Waals surface area (Å²) < 4.78 is 26.4. The van der Waals surface area contributed by atoms with Crippen LogP contribution in [0.1, 0.15) is 18.9 Å². The van der Waals surface area contributed by atoms with Crippen LogP contribution in [0.3, 0.4) is 0 Å². The predicted molar refractivity (Wildman–Crippen MR) is 58.0 cm³/mol. The van der Waals surface area contributed by atoms with Gasteiger partial charge in [0.1, 0.15) is 11.6 Å². The smallest absolute Gasteiger partial charge is 0.130 e. The number of hydrogen-bond donors (Lipinski definition) is 1. The number of alkyl halides is 1. The second-order valence-corrected chi connectivity index (χ2v) is 3.84. The molecular weight excluding hydrogens is 220 g/mol. The van der Waals surface area contributed by atoms with Crippen molar-refractivity contribution in [2.45, 2.75) is 25.9 Å². The highest BCUT2D eigenvalue weighted by Crippen LogP contribution is 2.11. The van der Waals surface area contributed by atoms with Gasteiger partial charge in [0, 0.05) is 24.0 Å². The number of rotatable bonds is 5. The van der Waals surface area contributed by atoms with Gasteiger partial charge in [-0.05, 0) is 25.5 Å². The lowest BCUT2D eigenvalue weighted by Crippen LogP contribution is -2.26. The zero-order valence-corrected chi connectivity index (χ0v) is 9.32. The summed E-state index contributed by atoms with van der Waals surface area (Å²) in [5.41, 5.74) is 0.0823. The van der Waals surface area contributed by atoms with Crippen LogP contribution in [-0.2, 0) is 6.54 Å². The Bertz CT molecular complexity index is 297. The Hall–Kier alpha value is -0.670. The van der Waals surface area contributed by atoms with E-state index in [1.165, 1.54) is 18.2 Å². The normalized spacial score (nSPS) is 12.8. The standard InChI is InChI=1S/C11H14ClF2N/c1-8(5-6-12)15-7-9-10(13)3-2-4-11(9)14/h2-4,8,15H,5-7H2,1H3. The summed E-state index contributed by atoms with van der Waals surface area (Å²) >= 11 is 5.55. The zero-order chi connectivity index (χ0) is 11.3. The number of nitrogens with one attached hydrogen (secondary N) is 1. The molecule has 0 radical (unpaired) electrons. The molecule has 1 N–H and O–H groups in total. The third kappa shape index (κ3) is 3.76. The Morgan fingerprint density at radius 2 is 1.93 bits per heavy atom. The minimum Gasteiger partial charge on any atom is -0.310 e. The second kappa shape index (κ2) is 6.03. The molecule has 0 heterocycles. The molecule has 0 saturated carbocycles. The van der Waals surface area contributed by atoms with Gasteiger partial charge in [0.15, 0.2) is 0 Å². The summed E-state index contributed by atoms with van der Waals surface area (Å²) in [5.74, 6) is -0.491. The van der Waals surface area contributed by atoms with Crippen molar-refractivity contribution in [2.24, 2.45) is 0 Å². The average Bonchev–Trinajstić information content (AvgIpc) is 2.17. The van der Waals surface area contributed by atoms with Gasteiger partial charge in [0.05, 0.1) is 0 Å². The van der Waals surface area contributed by atoms with Gasteiger partial charge in [0.25, 0.3) is 0 Å². The summed E-state index contributed by atoms with van der Waals surface area (Å²) in [7, 11) is 0. The van der Waals surface area contributed by atoms with Crippen LogP contribution in [0.25, 0.3) is 0 Å².